The minimum Gasteiger partial charge on any atom is -0.210 e. The highest BCUT2D eigenvalue weighted by Gasteiger charge is 2.14. The maximum Gasteiger partial charge on any atom is 0.240 e. The van der Waals surface area contributed by atoms with Crippen LogP contribution in [0.5, 0.6) is 0 Å². The van der Waals surface area contributed by atoms with Gasteiger partial charge in [0.05, 0.1) is 9.79 Å². The molecule has 0 aliphatic rings. The van der Waals surface area contributed by atoms with E-state index in [0.717, 1.165) is 11.1 Å². The minimum absolute atomic E-state index is 0.240. The van der Waals surface area contributed by atoms with Crippen molar-refractivity contribution in [2.75, 3.05) is 24.6 Å². The highest BCUT2D eigenvalue weighted by molar-refractivity contribution is 7.99. The number of aryl methyl sites for hydroxylation is 2. The van der Waals surface area contributed by atoms with E-state index in [0.29, 0.717) is 11.5 Å². The Labute approximate surface area is 165 Å². The quantitative estimate of drug-likeness (QED) is 0.567. The molecule has 2 N–H and O–H groups in total. The maximum absolute atomic E-state index is 12.1. The maximum atomic E-state index is 12.1. The molecule has 9 heteroatoms. The van der Waals surface area contributed by atoms with Crippen LogP contribution < -0.4 is 9.44 Å². The minimum atomic E-state index is -3.51. The smallest absolute Gasteiger partial charge is 0.210 e. The SMILES string of the molecule is Cc1ccc(S(=O)(=O)NCCSCCNS(=O)(=O)c2ccc(C)cc2)cc1. The molecule has 2 rings (SSSR count). The second-order valence-corrected chi connectivity index (χ2v) is 10.8. The number of rotatable bonds is 10. The van der Waals surface area contributed by atoms with Crippen LogP contribution in [0.15, 0.2) is 58.3 Å². The van der Waals surface area contributed by atoms with Crippen molar-refractivity contribution in [3.8, 4) is 0 Å². The number of benzene rings is 2. The van der Waals surface area contributed by atoms with Gasteiger partial charge in [-0.2, -0.15) is 11.8 Å². The molecule has 2 aromatic rings. The Kier molecular flexibility index (Phi) is 7.87. The van der Waals surface area contributed by atoms with Crippen molar-refractivity contribution in [1.82, 2.24) is 9.44 Å². The fourth-order valence-electron chi connectivity index (χ4n) is 2.20. The highest BCUT2D eigenvalue weighted by atomic mass is 32.2. The predicted molar refractivity (Wildman–Crippen MR) is 110 cm³/mol. The van der Waals surface area contributed by atoms with Gasteiger partial charge in [-0.25, -0.2) is 26.3 Å². The van der Waals surface area contributed by atoms with Crippen LogP contribution in [-0.4, -0.2) is 41.4 Å². The molecule has 0 spiro atoms. The first-order valence-electron chi connectivity index (χ1n) is 8.41. The third kappa shape index (κ3) is 6.93. The summed E-state index contributed by atoms with van der Waals surface area (Å²) in [5, 5.41) is 0. The van der Waals surface area contributed by atoms with Gasteiger partial charge in [0.1, 0.15) is 0 Å². The normalized spacial score (nSPS) is 12.2. The average molecular weight is 429 g/mol. The van der Waals surface area contributed by atoms with E-state index in [1.165, 1.54) is 11.8 Å². The molecule has 0 saturated heterocycles. The molecule has 27 heavy (non-hydrogen) atoms. The van der Waals surface area contributed by atoms with E-state index in [4.69, 9.17) is 0 Å². The lowest BCUT2D eigenvalue weighted by Gasteiger charge is -2.08. The number of hydrogen-bond acceptors (Lipinski definition) is 5. The van der Waals surface area contributed by atoms with Crippen LogP contribution in [0, 0.1) is 13.8 Å². The highest BCUT2D eigenvalue weighted by Crippen LogP contribution is 2.11. The summed E-state index contributed by atoms with van der Waals surface area (Å²) in [6.07, 6.45) is 0. The molecule has 0 aromatic heterocycles. The molecule has 2 aromatic carbocycles. The molecule has 6 nitrogen and oxygen atoms in total. The van der Waals surface area contributed by atoms with Crippen LogP contribution in [-0.2, 0) is 20.0 Å². The fraction of sp³-hybridized carbons (Fsp3) is 0.333. The lowest BCUT2D eigenvalue weighted by atomic mass is 10.2. The van der Waals surface area contributed by atoms with Crippen molar-refractivity contribution in [2.45, 2.75) is 23.6 Å². The van der Waals surface area contributed by atoms with Crippen molar-refractivity contribution in [3.63, 3.8) is 0 Å². The van der Waals surface area contributed by atoms with Gasteiger partial charge < -0.3 is 0 Å². The Morgan fingerprint density at radius 3 is 1.33 bits per heavy atom. The summed E-state index contributed by atoms with van der Waals surface area (Å²) in [5.74, 6) is 1.11. The van der Waals surface area contributed by atoms with Crippen LogP contribution in [0.2, 0.25) is 0 Å². The van der Waals surface area contributed by atoms with Crippen LogP contribution in [0.3, 0.4) is 0 Å². The van der Waals surface area contributed by atoms with Crippen molar-refractivity contribution in [2.24, 2.45) is 0 Å². The lowest BCUT2D eigenvalue weighted by molar-refractivity contribution is 0.583. The first-order chi connectivity index (χ1) is 12.7. The Morgan fingerprint density at radius 1 is 0.667 bits per heavy atom. The monoisotopic (exact) mass is 428 g/mol. The Bertz CT molecular complexity index is 860. The summed E-state index contributed by atoms with van der Waals surface area (Å²) in [7, 11) is -7.01. The number of sulfonamides is 2. The molecular formula is C18H24N2O4S3. The number of thioether (sulfide) groups is 1. The Balaban J connectivity index is 1.68. The molecule has 0 unspecified atom stereocenters. The van der Waals surface area contributed by atoms with Crippen LogP contribution in [0.1, 0.15) is 11.1 Å². The van der Waals surface area contributed by atoms with E-state index in [9.17, 15) is 16.8 Å². The van der Waals surface area contributed by atoms with E-state index in [1.54, 1.807) is 48.5 Å². The van der Waals surface area contributed by atoms with Gasteiger partial charge in [-0.1, -0.05) is 35.4 Å². The van der Waals surface area contributed by atoms with Crippen molar-refractivity contribution in [3.05, 3.63) is 59.7 Å². The van der Waals surface area contributed by atoms with Gasteiger partial charge in [-0.3, -0.25) is 0 Å². The van der Waals surface area contributed by atoms with E-state index >= 15 is 0 Å². The summed E-state index contributed by atoms with van der Waals surface area (Å²) in [4.78, 5) is 0.480. The first kappa shape index (κ1) is 21.9. The molecule has 0 aliphatic heterocycles. The second-order valence-electron chi connectivity index (χ2n) is 6.03. The molecule has 0 atom stereocenters. The largest absolute Gasteiger partial charge is 0.240 e. The van der Waals surface area contributed by atoms with Gasteiger partial charge in [0.25, 0.3) is 0 Å². The van der Waals surface area contributed by atoms with E-state index in [2.05, 4.69) is 9.44 Å². The number of hydrogen-bond donors (Lipinski definition) is 2. The van der Waals surface area contributed by atoms with Crippen molar-refractivity contribution in [1.29, 1.82) is 0 Å². The predicted octanol–water partition coefficient (Wildman–Crippen LogP) is 2.29. The lowest BCUT2D eigenvalue weighted by Crippen LogP contribution is -2.27. The third-order valence-electron chi connectivity index (χ3n) is 3.74. The summed E-state index contributed by atoms with van der Waals surface area (Å²) < 4.78 is 53.6. The van der Waals surface area contributed by atoms with Gasteiger partial charge in [-0.05, 0) is 38.1 Å². The van der Waals surface area contributed by atoms with Gasteiger partial charge in [0, 0.05) is 24.6 Å². The Morgan fingerprint density at radius 2 is 1.00 bits per heavy atom. The van der Waals surface area contributed by atoms with Gasteiger partial charge in [0.15, 0.2) is 0 Å². The van der Waals surface area contributed by atoms with Crippen LogP contribution in [0.4, 0.5) is 0 Å². The van der Waals surface area contributed by atoms with Crippen molar-refractivity contribution < 1.29 is 16.8 Å². The molecule has 0 aliphatic carbocycles. The van der Waals surface area contributed by atoms with Gasteiger partial charge in [0.2, 0.25) is 20.0 Å². The van der Waals surface area contributed by atoms with E-state index in [-0.39, 0.29) is 22.9 Å². The standard InChI is InChI=1S/C18H24N2O4S3/c1-15-3-7-17(8-4-15)26(21,22)19-11-13-25-14-12-20-27(23,24)18-9-5-16(2)6-10-18/h3-10,19-20H,11-14H2,1-2H3. The topological polar surface area (TPSA) is 92.3 Å². The zero-order valence-electron chi connectivity index (χ0n) is 15.3. The summed E-state index contributed by atoms with van der Waals surface area (Å²) >= 11 is 1.48. The van der Waals surface area contributed by atoms with Crippen LogP contribution >= 0.6 is 11.8 Å². The fourth-order valence-corrected chi connectivity index (χ4v) is 5.22. The number of nitrogens with one attached hydrogen (secondary N) is 2. The molecule has 0 fully saturated rings. The molecule has 0 bridgehead atoms. The summed E-state index contributed by atoms with van der Waals surface area (Å²) in [5.41, 5.74) is 2.00. The molecule has 0 heterocycles. The summed E-state index contributed by atoms with van der Waals surface area (Å²) in [6, 6.07) is 13.3. The molecule has 0 amide bonds. The zero-order valence-corrected chi connectivity index (χ0v) is 17.8. The molecule has 0 saturated carbocycles. The third-order valence-corrected chi connectivity index (χ3v) is 7.68. The Hall–Kier alpha value is -1.39. The molecular weight excluding hydrogens is 404 g/mol. The zero-order chi connectivity index (χ0) is 19.9. The van der Waals surface area contributed by atoms with Gasteiger partial charge in [-0.15, -0.1) is 0 Å². The van der Waals surface area contributed by atoms with Gasteiger partial charge >= 0.3 is 0 Å². The van der Waals surface area contributed by atoms with E-state index < -0.39 is 20.0 Å². The first-order valence-corrected chi connectivity index (χ1v) is 12.5. The van der Waals surface area contributed by atoms with Crippen molar-refractivity contribution >= 4 is 31.8 Å². The van der Waals surface area contributed by atoms with Crippen LogP contribution in [0.25, 0.3) is 0 Å². The average Bonchev–Trinajstić information content (AvgIpc) is 2.61. The van der Waals surface area contributed by atoms with E-state index in [1.807, 2.05) is 13.8 Å². The summed E-state index contributed by atoms with van der Waals surface area (Å²) in [6.45, 7) is 4.36. The second kappa shape index (κ2) is 9.70. The molecule has 148 valence electrons. The molecule has 0 radical (unpaired) electrons.